The first-order chi connectivity index (χ1) is 7.65. The van der Waals surface area contributed by atoms with Crippen LogP contribution in [0.5, 0.6) is 0 Å². The van der Waals surface area contributed by atoms with E-state index in [-0.39, 0.29) is 5.82 Å². The fourth-order valence-electron chi connectivity index (χ4n) is 1.61. The summed E-state index contributed by atoms with van der Waals surface area (Å²) < 4.78 is 19.3. The highest BCUT2D eigenvalue weighted by molar-refractivity contribution is 9.10. The molecule has 1 atom stereocenters. The lowest BCUT2D eigenvalue weighted by molar-refractivity contribution is 0.0888. The van der Waals surface area contributed by atoms with Crippen LogP contribution in [0.15, 0.2) is 22.7 Å². The third-order valence-electron chi connectivity index (χ3n) is 2.47. The average Bonchev–Trinajstić information content (AvgIpc) is 2.25. The number of halogens is 2. The summed E-state index contributed by atoms with van der Waals surface area (Å²) in [6, 6.07) is 5.01. The van der Waals surface area contributed by atoms with Gasteiger partial charge >= 0.3 is 0 Å². The molecule has 0 aliphatic rings. The van der Waals surface area contributed by atoms with Gasteiger partial charge in [0.05, 0.1) is 11.1 Å². The maximum absolute atomic E-state index is 13.2. The lowest BCUT2D eigenvalue weighted by Crippen LogP contribution is -2.06. The van der Waals surface area contributed by atoms with Crippen LogP contribution in [0.4, 0.5) is 4.39 Å². The van der Waals surface area contributed by atoms with Crippen molar-refractivity contribution >= 4 is 15.9 Å². The Labute approximate surface area is 105 Å². The lowest BCUT2D eigenvalue weighted by Gasteiger charge is -2.11. The molecule has 1 aromatic carbocycles. The summed E-state index contributed by atoms with van der Waals surface area (Å²) in [5.41, 5.74) is 0.865. The van der Waals surface area contributed by atoms with E-state index in [9.17, 15) is 4.39 Å². The number of ether oxygens (including phenoxy) is 1. The molecular formula is C13H18BrFO. The molecule has 0 N–H and O–H groups in total. The van der Waals surface area contributed by atoms with E-state index in [0.29, 0.717) is 17.0 Å². The highest BCUT2D eigenvalue weighted by Crippen LogP contribution is 2.21. The SMILES string of the molecule is CCCC(C)COCc1cccc(F)c1Br. The molecule has 0 aromatic heterocycles. The Morgan fingerprint density at radius 3 is 2.88 bits per heavy atom. The molecule has 0 radical (unpaired) electrons. The van der Waals surface area contributed by atoms with Gasteiger partial charge in [-0.3, -0.25) is 0 Å². The van der Waals surface area contributed by atoms with Gasteiger partial charge in [-0.25, -0.2) is 4.39 Å². The molecule has 90 valence electrons. The predicted molar refractivity (Wildman–Crippen MR) is 67.8 cm³/mol. The molecule has 0 aliphatic heterocycles. The highest BCUT2D eigenvalue weighted by Gasteiger charge is 2.06. The molecule has 0 heterocycles. The van der Waals surface area contributed by atoms with Gasteiger partial charge in [-0.15, -0.1) is 0 Å². The Balaban J connectivity index is 2.40. The first-order valence-electron chi connectivity index (χ1n) is 5.65. The van der Waals surface area contributed by atoms with Crippen LogP contribution in [-0.4, -0.2) is 6.61 Å². The normalized spacial score (nSPS) is 12.8. The van der Waals surface area contributed by atoms with Crippen molar-refractivity contribution in [1.82, 2.24) is 0 Å². The zero-order chi connectivity index (χ0) is 12.0. The summed E-state index contributed by atoms with van der Waals surface area (Å²) in [5.74, 6) is 0.333. The molecule has 1 nitrogen and oxygen atoms in total. The van der Waals surface area contributed by atoms with Gasteiger partial charge < -0.3 is 4.74 Å². The third-order valence-corrected chi connectivity index (χ3v) is 3.36. The van der Waals surface area contributed by atoms with E-state index >= 15 is 0 Å². The maximum atomic E-state index is 13.2. The largest absolute Gasteiger partial charge is 0.376 e. The van der Waals surface area contributed by atoms with Gasteiger partial charge in [0.2, 0.25) is 0 Å². The Kier molecular flexibility index (Phi) is 5.99. The summed E-state index contributed by atoms with van der Waals surface area (Å²) >= 11 is 3.22. The van der Waals surface area contributed by atoms with Gasteiger partial charge in [0.1, 0.15) is 5.82 Å². The van der Waals surface area contributed by atoms with Crippen molar-refractivity contribution in [1.29, 1.82) is 0 Å². The molecular weight excluding hydrogens is 271 g/mol. The van der Waals surface area contributed by atoms with E-state index < -0.39 is 0 Å². The first kappa shape index (κ1) is 13.7. The molecule has 16 heavy (non-hydrogen) atoms. The monoisotopic (exact) mass is 288 g/mol. The van der Waals surface area contributed by atoms with Crippen molar-refractivity contribution in [3.63, 3.8) is 0 Å². The van der Waals surface area contributed by atoms with Crippen LogP contribution < -0.4 is 0 Å². The number of hydrogen-bond acceptors (Lipinski definition) is 1. The second kappa shape index (κ2) is 7.02. The van der Waals surface area contributed by atoms with Crippen molar-refractivity contribution in [2.75, 3.05) is 6.61 Å². The summed E-state index contributed by atoms with van der Waals surface area (Å²) in [4.78, 5) is 0. The number of rotatable bonds is 6. The summed E-state index contributed by atoms with van der Waals surface area (Å²) in [7, 11) is 0. The number of benzene rings is 1. The molecule has 0 saturated carbocycles. The van der Waals surface area contributed by atoms with Gasteiger partial charge in [-0.1, -0.05) is 32.4 Å². The van der Waals surface area contributed by atoms with Crippen molar-refractivity contribution in [3.05, 3.63) is 34.1 Å². The van der Waals surface area contributed by atoms with E-state index in [4.69, 9.17) is 4.74 Å². The van der Waals surface area contributed by atoms with E-state index in [1.807, 2.05) is 6.07 Å². The first-order valence-corrected chi connectivity index (χ1v) is 6.45. The van der Waals surface area contributed by atoms with Crippen LogP contribution in [-0.2, 0) is 11.3 Å². The molecule has 3 heteroatoms. The second-order valence-electron chi connectivity index (χ2n) is 4.12. The van der Waals surface area contributed by atoms with Gasteiger partial charge in [0.25, 0.3) is 0 Å². The Morgan fingerprint density at radius 2 is 2.19 bits per heavy atom. The van der Waals surface area contributed by atoms with Gasteiger partial charge in [0.15, 0.2) is 0 Å². The highest BCUT2D eigenvalue weighted by atomic mass is 79.9. The van der Waals surface area contributed by atoms with Crippen molar-refractivity contribution in [2.24, 2.45) is 5.92 Å². The van der Waals surface area contributed by atoms with Crippen LogP contribution >= 0.6 is 15.9 Å². The van der Waals surface area contributed by atoms with E-state index in [0.717, 1.165) is 12.2 Å². The lowest BCUT2D eigenvalue weighted by atomic mass is 10.1. The molecule has 1 unspecified atom stereocenters. The average molecular weight is 289 g/mol. The summed E-state index contributed by atoms with van der Waals surface area (Å²) in [6.07, 6.45) is 2.35. The zero-order valence-corrected chi connectivity index (χ0v) is 11.4. The van der Waals surface area contributed by atoms with E-state index in [2.05, 4.69) is 29.8 Å². The van der Waals surface area contributed by atoms with Crippen LogP contribution in [0, 0.1) is 11.7 Å². The molecule has 1 rings (SSSR count). The molecule has 0 amide bonds. The Hall–Kier alpha value is -0.410. The van der Waals surface area contributed by atoms with Gasteiger partial charge in [-0.05, 0) is 39.9 Å². The van der Waals surface area contributed by atoms with Crippen LogP contribution in [0.25, 0.3) is 0 Å². The summed E-state index contributed by atoms with van der Waals surface area (Å²) in [5, 5.41) is 0. The molecule has 0 spiro atoms. The van der Waals surface area contributed by atoms with Crippen molar-refractivity contribution in [3.8, 4) is 0 Å². The standard InChI is InChI=1S/C13H18BrFO/c1-3-5-10(2)8-16-9-11-6-4-7-12(15)13(11)14/h4,6-7,10H,3,5,8-9H2,1-2H3. The quantitative estimate of drug-likeness (QED) is 0.747. The zero-order valence-electron chi connectivity index (χ0n) is 9.80. The minimum absolute atomic E-state index is 0.234. The Morgan fingerprint density at radius 1 is 1.44 bits per heavy atom. The minimum atomic E-state index is -0.234. The van der Waals surface area contributed by atoms with E-state index in [1.165, 1.54) is 18.9 Å². The molecule has 0 saturated heterocycles. The predicted octanol–water partition coefficient (Wildman–Crippen LogP) is 4.54. The van der Waals surface area contributed by atoms with Crippen molar-refractivity contribution in [2.45, 2.75) is 33.3 Å². The summed E-state index contributed by atoms with van der Waals surface area (Å²) in [6.45, 7) is 5.53. The number of hydrogen-bond donors (Lipinski definition) is 0. The van der Waals surface area contributed by atoms with Crippen molar-refractivity contribution < 1.29 is 9.13 Å². The second-order valence-corrected chi connectivity index (χ2v) is 4.91. The maximum Gasteiger partial charge on any atom is 0.137 e. The minimum Gasteiger partial charge on any atom is -0.376 e. The third kappa shape index (κ3) is 4.22. The van der Waals surface area contributed by atoms with Gasteiger partial charge in [-0.2, -0.15) is 0 Å². The molecule has 1 aromatic rings. The Bertz CT molecular complexity index is 328. The fraction of sp³-hybridized carbons (Fsp3) is 0.538. The van der Waals surface area contributed by atoms with Gasteiger partial charge in [0, 0.05) is 6.61 Å². The van der Waals surface area contributed by atoms with E-state index in [1.54, 1.807) is 6.07 Å². The fourth-order valence-corrected chi connectivity index (χ4v) is 1.98. The topological polar surface area (TPSA) is 9.23 Å². The van der Waals surface area contributed by atoms with Crippen LogP contribution in [0.2, 0.25) is 0 Å². The molecule has 0 fully saturated rings. The van der Waals surface area contributed by atoms with Crippen LogP contribution in [0.1, 0.15) is 32.3 Å². The van der Waals surface area contributed by atoms with Crippen LogP contribution in [0.3, 0.4) is 0 Å². The molecule has 0 bridgehead atoms. The smallest absolute Gasteiger partial charge is 0.137 e. The molecule has 0 aliphatic carbocycles.